The van der Waals surface area contributed by atoms with Gasteiger partial charge in [0, 0.05) is 23.6 Å². The van der Waals surface area contributed by atoms with Gasteiger partial charge in [-0.2, -0.15) is 10.2 Å². The topological polar surface area (TPSA) is 106 Å². The lowest BCUT2D eigenvalue weighted by molar-refractivity contribution is 0.0523. The standard InChI is InChI=1S/C29H24F2N6O3/c1-29(2,3)40-28(39)33-14-22-18-10-16(12-20(30)23(18)27(38)36-35-22)19-13-34-37(5)26(19)24-21(31)11-15-8-6-7-9-17(15)25(24)32-4/h6-13H,14H2,1-3,5H3,(H,33,39)(H,36,38). The van der Waals surface area contributed by atoms with Gasteiger partial charge in [0.05, 0.1) is 36.1 Å². The molecule has 0 aliphatic carbocycles. The van der Waals surface area contributed by atoms with Crippen molar-refractivity contribution in [2.45, 2.75) is 32.9 Å². The molecule has 0 fully saturated rings. The van der Waals surface area contributed by atoms with Gasteiger partial charge in [-0.25, -0.2) is 23.5 Å². The molecule has 0 spiro atoms. The first kappa shape index (κ1) is 26.5. The molecular formula is C29H24F2N6O3. The number of rotatable bonds is 4. The van der Waals surface area contributed by atoms with E-state index in [-0.39, 0.29) is 45.5 Å². The van der Waals surface area contributed by atoms with E-state index in [0.717, 1.165) is 6.07 Å². The SMILES string of the molecule is [C-]#[N+]c1c(-c2c(-c3cc(F)c4c(=O)[nH]nc(CNC(=O)OC(C)(C)C)c4c3)cnn2C)c(F)cc2ccccc12. The number of amides is 1. The Bertz CT molecular complexity index is 1910. The molecule has 40 heavy (non-hydrogen) atoms. The van der Waals surface area contributed by atoms with E-state index in [1.807, 2.05) is 0 Å². The zero-order valence-electron chi connectivity index (χ0n) is 22.1. The average molecular weight is 543 g/mol. The van der Waals surface area contributed by atoms with Crippen molar-refractivity contribution in [2.75, 3.05) is 0 Å². The third-order valence-electron chi connectivity index (χ3n) is 6.29. The summed E-state index contributed by atoms with van der Waals surface area (Å²) >= 11 is 0. The normalized spacial score (nSPS) is 11.5. The first-order valence-corrected chi connectivity index (χ1v) is 12.3. The van der Waals surface area contributed by atoms with E-state index in [2.05, 4.69) is 25.5 Å². The Hall–Kier alpha value is -5.11. The molecule has 9 nitrogen and oxygen atoms in total. The molecule has 0 unspecified atom stereocenters. The number of hydrogen-bond acceptors (Lipinski definition) is 5. The van der Waals surface area contributed by atoms with Crippen LogP contribution in [0.5, 0.6) is 0 Å². The van der Waals surface area contributed by atoms with Gasteiger partial charge in [0.25, 0.3) is 5.56 Å². The fourth-order valence-electron chi connectivity index (χ4n) is 4.64. The summed E-state index contributed by atoms with van der Waals surface area (Å²) in [6, 6.07) is 11.0. The second kappa shape index (κ2) is 9.89. The number of alkyl carbamates (subject to hydrolysis) is 1. The van der Waals surface area contributed by atoms with E-state index in [9.17, 15) is 9.59 Å². The van der Waals surface area contributed by atoms with E-state index in [1.54, 1.807) is 52.1 Å². The lowest BCUT2D eigenvalue weighted by Gasteiger charge is -2.19. The Morgan fingerprint density at radius 3 is 2.62 bits per heavy atom. The summed E-state index contributed by atoms with van der Waals surface area (Å²) in [4.78, 5) is 28.3. The van der Waals surface area contributed by atoms with Crippen molar-refractivity contribution in [1.29, 1.82) is 0 Å². The largest absolute Gasteiger partial charge is 0.444 e. The highest BCUT2D eigenvalue weighted by Gasteiger charge is 2.24. The Morgan fingerprint density at radius 2 is 1.90 bits per heavy atom. The highest BCUT2D eigenvalue weighted by Crippen LogP contribution is 2.43. The molecule has 2 aromatic heterocycles. The van der Waals surface area contributed by atoms with Crippen molar-refractivity contribution >= 4 is 33.3 Å². The van der Waals surface area contributed by atoms with E-state index >= 15 is 8.78 Å². The van der Waals surface area contributed by atoms with E-state index in [4.69, 9.17) is 11.3 Å². The van der Waals surface area contributed by atoms with Crippen LogP contribution in [-0.4, -0.2) is 31.7 Å². The Morgan fingerprint density at radius 1 is 1.15 bits per heavy atom. The van der Waals surface area contributed by atoms with Crippen LogP contribution >= 0.6 is 0 Å². The summed E-state index contributed by atoms with van der Waals surface area (Å²) in [6.07, 6.45) is 0.732. The summed E-state index contributed by atoms with van der Waals surface area (Å²) in [7, 11) is 1.60. The summed E-state index contributed by atoms with van der Waals surface area (Å²) < 4.78 is 37.7. The first-order chi connectivity index (χ1) is 19.0. The van der Waals surface area contributed by atoms with Gasteiger partial charge in [0.1, 0.15) is 17.2 Å². The molecule has 0 aliphatic heterocycles. The van der Waals surface area contributed by atoms with Crippen molar-refractivity contribution in [1.82, 2.24) is 25.3 Å². The Labute approximate surface area is 227 Å². The van der Waals surface area contributed by atoms with E-state index in [0.29, 0.717) is 16.3 Å². The predicted molar refractivity (Wildman–Crippen MR) is 147 cm³/mol. The van der Waals surface area contributed by atoms with Crippen molar-refractivity contribution in [3.05, 3.63) is 87.8 Å². The van der Waals surface area contributed by atoms with Gasteiger partial charge in [-0.15, -0.1) is 0 Å². The van der Waals surface area contributed by atoms with Crippen molar-refractivity contribution in [3.8, 4) is 22.4 Å². The van der Waals surface area contributed by atoms with Gasteiger partial charge in [-0.1, -0.05) is 24.3 Å². The number of aromatic nitrogens is 4. The van der Waals surface area contributed by atoms with Crippen molar-refractivity contribution in [3.63, 3.8) is 0 Å². The molecule has 2 heterocycles. The monoisotopic (exact) mass is 542 g/mol. The third-order valence-corrected chi connectivity index (χ3v) is 6.29. The number of aromatic amines is 1. The molecule has 11 heteroatoms. The fourth-order valence-corrected chi connectivity index (χ4v) is 4.64. The minimum Gasteiger partial charge on any atom is -0.444 e. The molecule has 1 amide bonds. The molecule has 0 radical (unpaired) electrons. The fraction of sp³-hybridized carbons (Fsp3) is 0.207. The van der Waals surface area contributed by atoms with Gasteiger partial charge < -0.3 is 10.1 Å². The maximum atomic E-state index is 15.6. The zero-order chi connectivity index (χ0) is 28.8. The smallest absolute Gasteiger partial charge is 0.407 e. The maximum Gasteiger partial charge on any atom is 0.407 e. The number of benzene rings is 3. The molecule has 2 N–H and O–H groups in total. The maximum absolute atomic E-state index is 15.6. The first-order valence-electron chi connectivity index (χ1n) is 12.3. The molecule has 0 saturated carbocycles. The number of ether oxygens (including phenoxy) is 1. The van der Waals surface area contributed by atoms with Gasteiger partial charge in [0.2, 0.25) is 5.69 Å². The van der Waals surface area contributed by atoms with Crippen LogP contribution in [0, 0.1) is 18.2 Å². The second-order valence-corrected chi connectivity index (χ2v) is 10.2. The summed E-state index contributed by atoms with van der Waals surface area (Å²) in [5.41, 5.74) is -0.284. The quantitative estimate of drug-likeness (QED) is 0.271. The number of fused-ring (bicyclic) bond motifs is 2. The number of halogens is 2. The number of nitrogens with zero attached hydrogens (tertiary/aromatic N) is 4. The number of aryl methyl sites for hydroxylation is 1. The zero-order valence-corrected chi connectivity index (χ0v) is 22.1. The minimum atomic E-state index is -0.839. The molecule has 3 aromatic carbocycles. The lowest BCUT2D eigenvalue weighted by atomic mass is 9.95. The summed E-state index contributed by atoms with van der Waals surface area (Å²) in [5, 5.41) is 14.2. The highest BCUT2D eigenvalue weighted by atomic mass is 19.1. The molecule has 0 atom stereocenters. The van der Waals surface area contributed by atoms with Crippen LogP contribution in [-0.2, 0) is 18.3 Å². The van der Waals surface area contributed by atoms with Crippen molar-refractivity contribution in [2.24, 2.45) is 7.05 Å². The van der Waals surface area contributed by atoms with Gasteiger partial charge >= 0.3 is 6.09 Å². The second-order valence-electron chi connectivity index (χ2n) is 10.2. The average Bonchev–Trinajstić information content (AvgIpc) is 3.26. The Balaban J connectivity index is 1.68. The molecule has 0 aliphatic rings. The minimum absolute atomic E-state index is 0.0278. The van der Waals surface area contributed by atoms with Crippen LogP contribution in [0.3, 0.4) is 0 Å². The highest BCUT2D eigenvalue weighted by molar-refractivity contribution is 6.04. The number of carbonyl (C=O) groups excluding carboxylic acids is 1. The molecular weight excluding hydrogens is 518 g/mol. The molecule has 0 saturated heterocycles. The van der Waals surface area contributed by atoms with Crippen LogP contribution in [0.25, 0.3) is 48.8 Å². The molecule has 0 bridgehead atoms. The number of H-pyrrole nitrogens is 1. The number of carbonyl (C=O) groups is 1. The third kappa shape index (κ3) is 4.75. The van der Waals surface area contributed by atoms with Crippen LogP contribution in [0.4, 0.5) is 19.3 Å². The lowest BCUT2D eigenvalue weighted by Crippen LogP contribution is -2.32. The Kier molecular flexibility index (Phi) is 6.55. The van der Waals surface area contributed by atoms with Crippen LogP contribution < -0.4 is 10.9 Å². The van der Waals surface area contributed by atoms with E-state index in [1.165, 1.54) is 23.0 Å². The summed E-state index contributed by atoms with van der Waals surface area (Å²) in [5.74, 6) is -1.47. The van der Waals surface area contributed by atoms with Crippen LogP contribution in [0.1, 0.15) is 26.5 Å². The van der Waals surface area contributed by atoms with Gasteiger partial charge in [-0.05, 0) is 55.3 Å². The van der Waals surface area contributed by atoms with Gasteiger partial charge in [-0.3, -0.25) is 9.48 Å². The van der Waals surface area contributed by atoms with Crippen molar-refractivity contribution < 1.29 is 18.3 Å². The number of hydrogen-bond donors (Lipinski definition) is 2. The molecule has 202 valence electrons. The molecule has 5 aromatic rings. The van der Waals surface area contributed by atoms with Gasteiger partial charge in [0.15, 0.2) is 0 Å². The predicted octanol–water partition coefficient (Wildman–Crippen LogP) is 6.00. The number of nitrogens with one attached hydrogen (secondary N) is 2. The van der Waals surface area contributed by atoms with Crippen LogP contribution in [0.2, 0.25) is 0 Å². The molecule has 5 rings (SSSR count). The summed E-state index contributed by atoms with van der Waals surface area (Å²) in [6.45, 7) is 12.8. The van der Waals surface area contributed by atoms with Crippen LogP contribution in [0.15, 0.2) is 53.5 Å². The van der Waals surface area contributed by atoms with E-state index < -0.39 is 28.9 Å².